The number of benzene rings is 1. The van der Waals surface area contributed by atoms with E-state index < -0.39 is 10.0 Å². The fourth-order valence-corrected chi connectivity index (χ4v) is 3.99. The van der Waals surface area contributed by atoms with Crippen molar-refractivity contribution in [2.75, 3.05) is 19.6 Å². The third-order valence-corrected chi connectivity index (χ3v) is 5.56. The summed E-state index contributed by atoms with van der Waals surface area (Å²) >= 11 is 0. The van der Waals surface area contributed by atoms with E-state index >= 15 is 0 Å². The van der Waals surface area contributed by atoms with Crippen LogP contribution in [0.3, 0.4) is 0 Å². The molecule has 4 nitrogen and oxygen atoms in total. The van der Waals surface area contributed by atoms with Gasteiger partial charge < -0.3 is 4.90 Å². The van der Waals surface area contributed by atoms with Gasteiger partial charge in [-0.25, -0.2) is 17.5 Å². The smallest absolute Gasteiger partial charge is 0.215 e. The summed E-state index contributed by atoms with van der Waals surface area (Å²) in [5, 5.41) is 0. The van der Waals surface area contributed by atoms with E-state index in [1.807, 2.05) is 0 Å². The monoisotopic (exact) mass is 328 g/mol. The zero-order chi connectivity index (χ0) is 16.2. The molecule has 1 aliphatic rings. The van der Waals surface area contributed by atoms with Crippen LogP contribution in [0.5, 0.6) is 0 Å². The SMILES string of the molecule is CC(C)N1CCC(CNS(=O)(=O)Cc2ccc(F)cc2)CC1. The predicted molar refractivity (Wildman–Crippen MR) is 86.5 cm³/mol. The van der Waals surface area contributed by atoms with Crippen molar-refractivity contribution in [3.63, 3.8) is 0 Å². The molecule has 0 aromatic heterocycles. The molecule has 0 spiro atoms. The third-order valence-electron chi connectivity index (χ3n) is 4.24. The van der Waals surface area contributed by atoms with Crippen molar-refractivity contribution in [3.05, 3.63) is 35.6 Å². The van der Waals surface area contributed by atoms with E-state index in [2.05, 4.69) is 23.5 Å². The molecule has 124 valence electrons. The fraction of sp³-hybridized carbons (Fsp3) is 0.625. The maximum absolute atomic E-state index is 12.8. The van der Waals surface area contributed by atoms with Gasteiger partial charge in [-0.3, -0.25) is 0 Å². The molecule has 22 heavy (non-hydrogen) atoms. The Balaban J connectivity index is 1.79. The molecule has 1 saturated heterocycles. The Labute approximate surface area is 132 Å². The average molecular weight is 328 g/mol. The van der Waals surface area contributed by atoms with E-state index in [0.717, 1.165) is 25.9 Å². The van der Waals surface area contributed by atoms with E-state index in [9.17, 15) is 12.8 Å². The van der Waals surface area contributed by atoms with Gasteiger partial charge in [0.25, 0.3) is 0 Å². The van der Waals surface area contributed by atoms with Crippen molar-refractivity contribution in [3.8, 4) is 0 Å². The van der Waals surface area contributed by atoms with Gasteiger partial charge in [-0.15, -0.1) is 0 Å². The maximum Gasteiger partial charge on any atom is 0.215 e. The van der Waals surface area contributed by atoms with Gasteiger partial charge >= 0.3 is 0 Å². The van der Waals surface area contributed by atoms with E-state index in [1.165, 1.54) is 24.3 Å². The summed E-state index contributed by atoms with van der Waals surface area (Å²) in [6, 6.07) is 6.14. The average Bonchev–Trinajstić information content (AvgIpc) is 2.48. The van der Waals surface area contributed by atoms with Crippen LogP contribution < -0.4 is 4.72 Å². The first-order valence-corrected chi connectivity index (χ1v) is 9.47. The van der Waals surface area contributed by atoms with Crippen LogP contribution in [-0.2, 0) is 15.8 Å². The number of halogens is 1. The summed E-state index contributed by atoms with van der Waals surface area (Å²) in [6.07, 6.45) is 2.05. The second-order valence-electron chi connectivity index (χ2n) is 6.31. The normalized spacial score (nSPS) is 18.0. The van der Waals surface area contributed by atoms with E-state index in [0.29, 0.717) is 24.1 Å². The third kappa shape index (κ3) is 5.34. The van der Waals surface area contributed by atoms with Crippen molar-refractivity contribution in [2.24, 2.45) is 5.92 Å². The highest BCUT2D eigenvalue weighted by Gasteiger charge is 2.22. The lowest BCUT2D eigenvalue weighted by Crippen LogP contribution is -2.41. The van der Waals surface area contributed by atoms with Crippen molar-refractivity contribution >= 4 is 10.0 Å². The molecule has 0 saturated carbocycles. The number of piperidine rings is 1. The molecule has 1 fully saturated rings. The number of rotatable bonds is 6. The molecule has 1 aliphatic heterocycles. The highest BCUT2D eigenvalue weighted by atomic mass is 32.2. The topological polar surface area (TPSA) is 49.4 Å². The van der Waals surface area contributed by atoms with Crippen LogP contribution in [0.1, 0.15) is 32.3 Å². The van der Waals surface area contributed by atoms with Gasteiger partial charge in [-0.2, -0.15) is 0 Å². The van der Waals surface area contributed by atoms with Gasteiger partial charge in [-0.05, 0) is 63.4 Å². The lowest BCUT2D eigenvalue weighted by molar-refractivity contribution is 0.150. The van der Waals surface area contributed by atoms with Crippen LogP contribution in [0.4, 0.5) is 4.39 Å². The number of likely N-dealkylation sites (tertiary alicyclic amines) is 1. The summed E-state index contributed by atoms with van der Waals surface area (Å²) < 4.78 is 39.7. The number of hydrogen-bond donors (Lipinski definition) is 1. The molecule has 0 amide bonds. The summed E-state index contributed by atoms with van der Waals surface area (Å²) in [5.41, 5.74) is 0.600. The molecule has 1 aromatic rings. The number of sulfonamides is 1. The highest BCUT2D eigenvalue weighted by Crippen LogP contribution is 2.18. The van der Waals surface area contributed by atoms with Crippen LogP contribution in [0.2, 0.25) is 0 Å². The van der Waals surface area contributed by atoms with Crippen LogP contribution >= 0.6 is 0 Å². The van der Waals surface area contributed by atoms with Crippen LogP contribution in [0.15, 0.2) is 24.3 Å². The second kappa shape index (κ2) is 7.53. The molecule has 0 unspecified atom stereocenters. The fourth-order valence-electron chi connectivity index (χ4n) is 2.77. The Morgan fingerprint density at radius 2 is 1.82 bits per heavy atom. The maximum atomic E-state index is 12.8. The summed E-state index contributed by atoms with van der Waals surface area (Å²) in [6.45, 7) is 6.93. The molecule has 0 radical (unpaired) electrons. The first-order valence-electron chi connectivity index (χ1n) is 7.81. The minimum Gasteiger partial charge on any atom is -0.301 e. The Bertz CT molecular complexity index is 564. The van der Waals surface area contributed by atoms with Gasteiger partial charge in [-0.1, -0.05) is 12.1 Å². The first kappa shape index (κ1) is 17.4. The predicted octanol–water partition coefficient (Wildman–Crippen LogP) is 2.37. The minimum atomic E-state index is -3.36. The summed E-state index contributed by atoms with van der Waals surface area (Å²) in [4.78, 5) is 2.42. The Morgan fingerprint density at radius 3 is 2.36 bits per heavy atom. The lowest BCUT2D eigenvalue weighted by atomic mass is 9.96. The molecule has 6 heteroatoms. The number of nitrogens with zero attached hydrogens (tertiary/aromatic N) is 1. The Hall–Kier alpha value is -0.980. The molecule has 0 bridgehead atoms. The lowest BCUT2D eigenvalue weighted by Gasteiger charge is -2.34. The minimum absolute atomic E-state index is 0.0991. The Kier molecular flexibility index (Phi) is 5.94. The van der Waals surface area contributed by atoms with Crippen molar-refractivity contribution in [1.29, 1.82) is 0 Å². The molecule has 0 aliphatic carbocycles. The molecular weight excluding hydrogens is 303 g/mol. The van der Waals surface area contributed by atoms with E-state index in [4.69, 9.17) is 0 Å². The second-order valence-corrected chi connectivity index (χ2v) is 8.11. The van der Waals surface area contributed by atoms with Crippen LogP contribution in [0.25, 0.3) is 0 Å². The van der Waals surface area contributed by atoms with Crippen LogP contribution in [-0.4, -0.2) is 39.0 Å². The van der Waals surface area contributed by atoms with Gasteiger partial charge in [0.2, 0.25) is 10.0 Å². The van der Waals surface area contributed by atoms with E-state index in [-0.39, 0.29) is 11.6 Å². The summed E-state index contributed by atoms with van der Waals surface area (Å²) in [7, 11) is -3.36. The number of hydrogen-bond acceptors (Lipinski definition) is 3. The largest absolute Gasteiger partial charge is 0.301 e. The van der Waals surface area contributed by atoms with Gasteiger partial charge in [0.15, 0.2) is 0 Å². The molecule has 1 N–H and O–H groups in total. The van der Waals surface area contributed by atoms with Gasteiger partial charge in [0.1, 0.15) is 5.82 Å². The number of nitrogens with one attached hydrogen (secondary N) is 1. The van der Waals surface area contributed by atoms with Crippen molar-refractivity contribution < 1.29 is 12.8 Å². The van der Waals surface area contributed by atoms with Crippen molar-refractivity contribution in [2.45, 2.75) is 38.5 Å². The van der Waals surface area contributed by atoms with Crippen LogP contribution in [0, 0.1) is 11.7 Å². The Morgan fingerprint density at radius 1 is 1.23 bits per heavy atom. The van der Waals surface area contributed by atoms with Gasteiger partial charge in [0.05, 0.1) is 5.75 Å². The standard InChI is InChI=1S/C16H25FN2O2S/c1-13(2)19-9-7-14(8-10-19)11-18-22(20,21)12-15-3-5-16(17)6-4-15/h3-6,13-14,18H,7-12H2,1-2H3. The molecular formula is C16H25FN2O2S. The first-order chi connectivity index (χ1) is 10.4. The highest BCUT2D eigenvalue weighted by molar-refractivity contribution is 7.88. The quantitative estimate of drug-likeness (QED) is 0.872. The van der Waals surface area contributed by atoms with E-state index in [1.54, 1.807) is 0 Å². The molecule has 1 heterocycles. The van der Waals surface area contributed by atoms with Crippen molar-refractivity contribution in [1.82, 2.24) is 9.62 Å². The summed E-state index contributed by atoms with van der Waals surface area (Å²) in [5.74, 6) is -0.0537. The van der Waals surface area contributed by atoms with Gasteiger partial charge in [0, 0.05) is 12.6 Å². The molecule has 2 rings (SSSR count). The zero-order valence-electron chi connectivity index (χ0n) is 13.3. The molecule has 1 aromatic carbocycles. The molecule has 0 atom stereocenters. The zero-order valence-corrected chi connectivity index (χ0v) is 14.1.